The molecular formula is C20H17ClN4O. The second-order valence-electron chi connectivity index (χ2n) is 6.11. The Labute approximate surface area is 155 Å². The summed E-state index contributed by atoms with van der Waals surface area (Å²) >= 11 is 5.90. The van der Waals surface area contributed by atoms with Crippen LogP contribution in [0.25, 0.3) is 11.0 Å². The predicted molar refractivity (Wildman–Crippen MR) is 104 cm³/mol. The summed E-state index contributed by atoms with van der Waals surface area (Å²) in [6.07, 6.45) is 5.93. The molecule has 0 aliphatic rings. The van der Waals surface area contributed by atoms with E-state index in [9.17, 15) is 5.11 Å². The van der Waals surface area contributed by atoms with Gasteiger partial charge in [0.2, 0.25) is 0 Å². The largest absolute Gasteiger partial charge is 0.506 e. The molecule has 3 heterocycles. The first-order valence-electron chi connectivity index (χ1n) is 8.25. The molecule has 0 amide bonds. The van der Waals surface area contributed by atoms with Crippen molar-refractivity contribution in [3.05, 3.63) is 82.8 Å². The molecule has 0 saturated heterocycles. The maximum Gasteiger partial charge on any atom is 0.137 e. The fraction of sp³-hybridized carbons (Fsp3) is 0.100. The molecule has 3 aromatic heterocycles. The molecule has 4 aromatic rings. The van der Waals surface area contributed by atoms with Gasteiger partial charge in [-0.25, -0.2) is 9.97 Å². The Balaban J connectivity index is 1.43. The molecule has 0 radical (unpaired) electrons. The van der Waals surface area contributed by atoms with E-state index in [2.05, 4.69) is 20.3 Å². The summed E-state index contributed by atoms with van der Waals surface area (Å²) in [6.45, 7) is 0.691. The third-order valence-electron chi connectivity index (χ3n) is 4.21. The third-order valence-corrected chi connectivity index (χ3v) is 4.46. The highest BCUT2D eigenvalue weighted by Crippen LogP contribution is 2.23. The van der Waals surface area contributed by atoms with E-state index in [1.54, 1.807) is 6.07 Å². The molecule has 0 bridgehead atoms. The molecule has 0 spiro atoms. The molecular weight excluding hydrogens is 348 g/mol. The van der Waals surface area contributed by atoms with Crippen LogP contribution in [0.15, 0.2) is 61.1 Å². The van der Waals surface area contributed by atoms with Crippen molar-refractivity contribution in [2.45, 2.75) is 13.0 Å². The summed E-state index contributed by atoms with van der Waals surface area (Å²) in [5.41, 5.74) is 4.08. The lowest BCUT2D eigenvalue weighted by Crippen LogP contribution is -2.01. The van der Waals surface area contributed by atoms with Crippen LogP contribution in [-0.2, 0) is 13.0 Å². The number of fused-ring (bicyclic) bond motifs is 1. The van der Waals surface area contributed by atoms with Crippen molar-refractivity contribution in [3.8, 4) is 5.75 Å². The molecule has 0 aliphatic heterocycles. The standard InChI is InChI=1S/C20H17ClN4O/c21-16-4-1-13(2-5-16)9-22-19-6-3-14(10-23-19)7-15-11-24-20-18(15)8-17(26)12-25-20/h1-6,8,10-12,26H,7,9H2,(H,22,23)(H,24,25). The number of anilines is 1. The maximum absolute atomic E-state index is 9.64. The fourth-order valence-electron chi connectivity index (χ4n) is 2.84. The van der Waals surface area contributed by atoms with Gasteiger partial charge >= 0.3 is 0 Å². The summed E-state index contributed by atoms with van der Waals surface area (Å²) in [5, 5.41) is 14.6. The number of rotatable bonds is 5. The Bertz CT molecular complexity index is 1030. The van der Waals surface area contributed by atoms with Crippen molar-refractivity contribution >= 4 is 28.5 Å². The summed E-state index contributed by atoms with van der Waals surface area (Å²) < 4.78 is 0. The minimum atomic E-state index is 0.165. The number of nitrogens with one attached hydrogen (secondary N) is 2. The number of pyridine rings is 2. The van der Waals surface area contributed by atoms with E-state index < -0.39 is 0 Å². The van der Waals surface area contributed by atoms with Gasteiger partial charge in [0.1, 0.15) is 17.2 Å². The number of benzene rings is 1. The average Bonchev–Trinajstić information content (AvgIpc) is 3.04. The van der Waals surface area contributed by atoms with Crippen molar-refractivity contribution in [2.24, 2.45) is 0 Å². The zero-order chi connectivity index (χ0) is 17.9. The molecule has 26 heavy (non-hydrogen) atoms. The first-order chi connectivity index (χ1) is 12.7. The van der Waals surface area contributed by atoms with E-state index in [4.69, 9.17) is 11.6 Å². The lowest BCUT2D eigenvalue weighted by atomic mass is 10.1. The number of hydrogen-bond donors (Lipinski definition) is 3. The van der Waals surface area contributed by atoms with Gasteiger partial charge in [-0.1, -0.05) is 29.8 Å². The van der Waals surface area contributed by atoms with Gasteiger partial charge in [0.25, 0.3) is 0 Å². The van der Waals surface area contributed by atoms with Crippen molar-refractivity contribution in [3.63, 3.8) is 0 Å². The van der Waals surface area contributed by atoms with Gasteiger partial charge in [0.15, 0.2) is 0 Å². The van der Waals surface area contributed by atoms with Gasteiger partial charge in [-0.15, -0.1) is 0 Å². The second-order valence-corrected chi connectivity index (χ2v) is 6.55. The van der Waals surface area contributed by atoms with Gasteiger partial charge < -0.3 is 15.4 Å². The van der Waals surface area contributed by atoms with Crippen LogP contribution in [0.2, 0.25) is 5.02 Å². The Morgan fingerprint density at radius 2 is 1.81 bits per heavy atom. The van der Waals surface area contributed by atoms with Gasteiger partial charge in [-0.05, 0) is 41.0 Å². The summed E-state index contributed by atoms with van der Waals surface area (Å²) in [7, 11) is 0. The molecule has 5 nitrogen and oxygen atoms in total. The number of hydrogen-bond acceptors (Lipinski definition) is 4. The molecule has 0 atom stereocenters. The molecule has 6 heteroatoms. The van der Waals surface area contributed by atoms with Crippen LogP contribution in [-0.4, -0.2) is 20.1 Å². The average molecular weight is 365 g/mol. The van der Waals surface area contributed by atoms with Gasteiger partial charge in [0.05, 0.1) is 6.20 Å². The molecule has 0 fully saturated rings. The van der Waals surface area contributed by atoms with Crippen molar-refractivity contribution in [1.82, 2.24) is 15.0 Å². The summed E-state index contributed by atoms with van der Waals surface area (Å²) in [4.78, 5) is 11.8. The number of H-pyrrole nitrogens is 1. The second kappa shape index (κ2) is 7.06. The molecule has 1 aromatic carbocycles. The van der Waals surface area contributed by atoms with Crippen LogP contribution in [0.3, 0.4) is 0 Å². The summed E-state index contributed by atoms with van der Waals surface area (Å²) in [5.74, 6) is 0.986. The van der Waals surface area contributed by atoms with Crippen molar-refractivity contribution in [2.75, 3.05) is 5.32 Å². The predicted octanol–water partition coefficient (Wildman–Crippen LogP) is 4.52. The maximum atomic E-state index is 9.64. The van der Waals surface area contributed by atoms with E-state index in [0.717, 1.165) is 45.0 Å². The first kappa shape index (κ1) is 16.4. The number of halogens is 1. The number of nitrogens with zero attached hydrogens (tertiary/aromatic N) is 2. The normalized spacial score (nSPS) is 11.0. The zero-order valence-electron chi connectivity index (χ0n) is 13.9. The van der Waals surface area contributed by atoms with Crippen molar-refractivity contribution in [1.29, 1.82) is 0 Å². The van der Waals surface area contributed by atoms with E-state index in [1.165, 1.54) is 6.20 Å². The van der Waals surface area contributed by atoms with E-state index in [-0.39, 0.29) is 5.75 Å². The summed E-state index contributed by atoms with van der Waals surface area (Å²) in [6, 6.07) is 13.5. The third kappa shape index (κ3) is 3.63. The highest BCUT2D eigenvalue weighted by Gasteiger charge is 2.07. The van der Waals surface area contributed by atoms with Gasteiger partial charge in [-0.2, -0.15) is 0 Å². The molecule has 130 valence electrons. The van der Waals surface area contributed by atoms with Crippen LogP contribution in [0.5, 0.6) is 5.75 Å². The van der Waals surface area contributed by atoms with E-state index >= 15 is 0 Å². The highest BCUT2D eigenvalue weighted by molar-refractivity contribution is 6.30. The minimum absolute atomic E-state index is 0.165. The molecule has 0 unspecified atom stereocenters. The van der Waals surface area contributed by atoms with Crippen LogP contribution < -0.4 is 5.32 Å². The lowest BCUT2D eigenvalue weighted by molar-refractivity contribution is 0.474. The van der Waals surface area contributed by atoms with Crippen molar-refractivity contribution < 1.29 is 5.11 Å². The topological polar surface area (TPSA) is 73.8 Å². The first-order valence-corrected chi connectivity index (χ1v) is 8.63. The van der Waals surface area contributed by atoms with Crippen LogP contribution in [0.1, 0.15) is 16.7 Å². The Kier molecular flexibility index (Phi) is 4.46. The van der Waals surface area contributed by atoms with E-state index in [1.807, 2.05) is 48.8 Å². The van der Waals surface area contributed by atoms with Crippen LogP contribution >= 0.6 is 11.6 Å². The highest BCUT2D eigenvalue weighted by atomic mass is 35.5. The molecule has 3 N–H and O–H groups in total. The Morgan fingerprint density at radius 3 is 2.58 bits per heavy atom. The van der Waals surface area contributed by atoms with Crippen LogP contribution in [0.4, 0.5) is 5.82 Å². The number of aromatic nitrogens is 3. The van der Waals surface area contributed by atoms with Crippen LogP contribution in [0, 0.1) is 0 Å². The molecule has 4 rings (SSSR count). The van der Waals surface area contributed by atoms with E-state index in [0.29, 0.717) is 6.54 Å². The molecule has 0 saturated carbocycles. The number of aromatic amines is 1. The Hall–Kier alpha value is -3.05. The monoisotopic (exact) mass is 364 g/mol. The molecule has 0 aliphatic carbocycles. The smallest absolute Gasteiger partial charge is 0.137 e. The van der Waals surface area contributed by atoms with Gasteiger partial charge in [0, 0.05) is 35.8 Å². The quantitative estimate of drug-likeness (QED) is 0.486. The Morgan fingerprint density at radius 1 is 1.00 bits per heavy atom. The SMILES string of the molecule is Oc1cnc2[nH]cc(Cc3ccc(NCc4ccc(Cl)cc4)nc3)c2c1. The lowest BCUT2D eigenvalue weighted by Gasteiger charge is -2.07. The number of aromatic hydroxyl groups is 1. The minimum Gasteiger partial charge on any atom is -0.506 e. The van der Waals surface area contributed by atoms with Gasteiger partial charge in [-0.3, -0.25) is 0 Å². The zero-order valence-corrected chi connectivity index (χ0v) is 14.7. The fourth-order valence-corrected chi connectivity index (χ4v) is 2.97.